The van der Waals surface area contributed by atoms with Gasteiger partial charge in [0, 0.05) is 41.1 Å². The van der Waals surface area contributed by atoms with Gasteiger partial charge in [-0.3, -0.25) is 8.98 Å². The van der Waals surface area contributed by atoms with Crippen LogP contribution in [0.1, 0.15) is 289 Å². The topological polar surface area (TPSA) is 220 Å². The molecule has 7 aliphatic heterocycles. The van der Waals surface area contributed by atoms with Gasteiger partial charge in [0.25, 0.3) is 10.1 Å². The van der Waals surface area contributed by atoms with Crippen LogP contribution in [-0.4, -0.2) is 170 Å². The molecule has 23 rings (SSSR count). The van der Waals surface area contributed by atoms with Gasteiger partial charge < -0.3 is 23.7 Å². The van der Waals surface area contributed by atoms with Crippen molar-refractivity contribution in [1.82, 2.24) is 0 Å². The van der Waals surface area contributed by atoms with E-state index in [1.807, 2.05) is 51.1 Å². The second kappa shape index (κ2) is 38.4. The van der Waals surface area contributed by atoms with Gasteiger partial charge in [-0.05, 0) is 359 Å². The Labute approximate surface area is 707 Å². The molecule has 17 nitrogen and oxygen atoms in total. The van der Waals surface area contributed by atoms with Crippen LogP contribution in [0.4, 0.5) is 14.4 Å². The third kappa shape index (κ3) is 21.2. The molecule has 1 aromatic carbocycles. The lowest BCUT2D eigenvalue weighted by Gasteiger charge is -2.59. The molecule has 5 atom stereocenters. The SMILES string of the molecule is CC(C)(C)OC(=O)O[S+]1CCCCC1.CC1(OC(=O)C2([S+]3CCCCC3)CCCC2)C2CC3CC(C2)CC1C3.CC1(OC(=O)C[S+]2CCCC2)C2CC3CC(C2)CC1C3.CC1(OC(=O)O[S+]2CCCCC2)C2CC3CC(C2)CC1C3.O=C(C[S+]1CCCC1)c1ccccc1.O=C(OC1C2CC3C1OS(=O)(=O)C3C2)O[S+]1CCCCC1. The summed E-state index contributed by atoms with van der Waals surface area (Å²) in [6, 6.07) is 9.66. The van der Waals surface area contributed by atoms with Gasteiger partial charge in [-0.1, -0.05) is 30.3 Å². The van der Waals surface area contributed by atoms with Crippen LogP contribution in [0, 0.1) is 82.9 Å². The molecule has 15 aliphatic carbocycles. The zero-order valence-electron chi connectivity index (χ0n) is 70.6. The summed E-state index contributed by atoms with van der Waals surface area (Å²) in [4.78, 5) is 73.3. The number of ketones is 1. The van der Waals surface area contributed by atoms with Crippen molar-refractivity contribution in [1.29, 1.82) is 0 Å². The summed E-state index contributed by atoms with van der Waals surface area (Å²) in [6.45, 7) is 12.3. The third-order valence-electron chi connectivity index (χ3n) is 31.2. The second-order valence-corrected chi connectivity index (χ2v) is 54.8. The fraction of sp³-hybridized carbons (Fsp3) is 0.868. The molecular weight excluding hydrogens is 1590 g/mol. The van der Waals surface area contributed by atoms with Crippen LogP contribution in [0.3, 0.4) is 0 Å². The van der Waals surface area contributed by atoms with Gasteiger partial charge in [0.05, 0.1) is 5.25 Å². The number of fused-ring (bicyclic) bond motifs is 1. The van der Waals surface area contributed by atoms with Crippen LogP contribution >= 0.6 is 0 Å². The summed E-state index contributed by atoms with van der Waals surface area (Å²) in [6.07, 6.45) is 43.6. The van der Waals surface area contributed by atoms with E-state index in [0.29, 0.717) is 75.3 Å². The number of ether oxygens (including phenoxy) is 5. The third-order valence-corrected chi connectivity index (χ3v) is 46.5. The van der Waals surface area contributed by atoms with Crippen molar-refractivity contribution in [2.75, 3.05) is 80.5 Å². The van der Waals surface area contributed by atoms with E-state index in [2.05, 4.69) is 20.8 Å². The highest BCUT2D eigenvalue weighted by Gasteiger charge is 2.67. The Morgan fingerprint density at radius 1 is 0.426 bits per heavy atom. The molecular formula is C91H142O17S7+6. The molecule has 115 heavy (non-hydrogen) atoms. The molecule has 1 aromatic rings. The predicted molar refractivity (Wildman–Crippen MR) is 467 cm³/mol. The summed E-state index contributed by atoms with van der Waals surface area (Å²) in [5.41, 5.74) is -0.0703. The van der Waals surface area contributed by atoms with Crippen LogP contribution in [0.2, 0.25) is 0 Å². The molecule has 0 spiro atoms. The van der Waals surface area contributed by atoms with E-state index in [9.17, 15) is 37.2 Å². The maximum Gasteiger partial charge on any atom is 0.556 e. The summed E-state index contributed by atoms with van der Waals surface area (Å²) in [5.74, 6) is 25.3. The van der Waals surface area contributed by atoms with Crippen LogP contribution in [0.15, 0.2) is 30.3 Å². The smallest absolute Gasteiger partial charge is 0.455 e. The lowest BCUT2D eigenvalue weighted by atomic mass is 9.50. The molecule has 7 saturated heterocycles. The first-order valence-electron chi connectivity index (χ1n) is 45.9. The monoisotopic (exact) mass is 1730 g/mol. The maximum atomic E-state index is 13.6. The molecule has 0 N–H and O–H groups in total. The highest BCUT2D eigenvalue weighted by Crippen LogP contribution is 2.63. The minimum Gasteiger partial charge on any atom is -0.455 e. The summed E-state index contributed by atoms with van der Waals surface area (Å²) in [7, 11) is -2.43. The minimum atomic E-state index is -3.46. The molecule has 0 radical (unpaired) electrons. The normalized spacial score (nSPS) is 38.8. The Bertz CT molecular complexity index is 3460. The Balaban J connectivity index is 0.000000110. The highest BCUT2D eigenvalue weighted by molar-refractivity contribution is 7.99. The largest absolute Gasteiger partial charge is 0.556 e. The minimum absolute atomic E-state index is 0.00469. The van der Waals surface area contributed by atoms with Crippen molar-refractivity contribution in [3.8, 4) is 0 Å². The Morgan fingerprint density at radius 3 is 1.24 bits per heavy atom. The number of carbonyl (C=O) groups is 6. The molecule has 0 aromatic heterocycles. The van der Waals surface area contributed by atoms with Crippen molar-refractivity contribution >= 4 is 113 Å². The standard InChI is InChI=1S/C22H35O2S.C17H27O3S.C17H27O2S.C13H19O6S2.C12H15OS.C10H19O3S/c1-21(18-12-16-11-17(14-18)15-19(21)13-16)24-20(23)22(7-3-4-8-22)25-9-5-2-6-10-25;1-17(19-16(18)20-21-5-3-2-4-6-21)14-8-12-7-13(10-14)11-15(17)9-12;1-17(19-16(18)11-20-4-2-3-5-20)14-7-12-6-13(9-14)10-15(17)8-12;14-13(18-20-4-2-1-3-5-20)17-11-8-6-9-10(7-8)21(15,16)19-12(9)11;13-12(10-14-8-4-5-9-14)11-6-2-1-3-7-11;1-10(2,3)12-9(11)13-14-7-5-4-6-8-14/h16-19H,2-15H2,1H3;12-15H,2-11H2,1H3;12-15H,2-11H2,1H3;8-12H,1-7H2;1-3,6-7H,4-5,8-10H2;4-8H2,1-3H3/q6*+1. The van der Waals surface area contributed by atoms with E-state index < -0.39 is 40.2 Å². The molecule has 22 fully saturated rings. The van der Waals surface area contributed by atoms with Crippen LogP contribution in [0.5, 0.6) is 0 Å². The van der Waals surface area contributed by atoms with Gasteiger partial charge >= 0.3 is 30.4 Å². The molecule has 0 amide bonds. The molecule has 7 heterocycles. The van der Waals surface area contributed by atoms with Gasteiger partial charge in [0.15, 0.2) is 40.3 Å². The van der Waals surface area contributed by atoms with Crippen molar-refractivity contribution in [3.63, 3.8) is 0 Å². The van der Waals surface area contributed by atoms with E-state index >= 15 is 0 Å². The number of hydrogen-bond donors (Lipinski definition) is 0. The van der Waals surface area contributed by atoms with E-state index in [1.54, 1.807) is 0 Å². The highest BCUT2D eigenvalue weighted by atomic mass is 32.2. The average molecular weight is 1730 g/mol. The second-order valence-electron chi connectivity index (χ2n) is 40.1. The first kappa shape index (κ1) is 87.5. The molecule has 24 heteroatoms. The van der Waals surface area contributed by atoms with E-state index in [0.717, 1.165) is 113 Å². The number of carbonyl (C=O) groups excluding carboxylic acids is 6. The number of rotatable bonds is 14. The first-order chi connectivity index (χ1) is 55.2. The number of esters is 2. The quantitative estimate of drug-likeness (QED) is 0.0556. The Morgan fingerprint density at radius 2 is 0.809 bits per heavy atom. The lowest BCUT2D eigenvalue weighted by Crippen LogP contribution is -2.60. The van der Waals surface area contributed by atoms with Crippen molar-refractivity contribution < 1.29 is 77.6 Å². The summed E-state index contributed by atoms with van der Waals surface area (Å²) >= 11 is -0.689. The summed E-state index contributed by atoms with van der Waals surface area (Å²) in [5, 5.41) is -0.386. The summed E-state index contributed by atoms with van der Waals surface area (Å²) < 4.78 is 74.2. The molecule has 5 unspecified atom stereocenters. The van der Waals surface area contributed by atoms with Gasteiger partial charge in [0.2, 0.25) is 49.8 Å². The van der Waals surface area contributed by atoms with Crippen LogP contribution in [0.25, 0.3) is 0 Å². The van der Waals surface area contributed by atoms with Gasteiger partial charge in [0.1, 0.15) is 69.1 Å². The fourth-order valence-electron chi connectivity index (χ4n) is 25.6. The van der Waals surface area contributed by atoms with Gasteiger partial charge in [-0.2, -0.15) is 22.8 Å². The van der Waals surface area contributed by atoms with Crippen LogP contribution < -0.4 is 0 Å². The predicted octanol–water partition coefficient (Wildman–Crippen LogP) is 18.4. The molecule has 15 saturated carbocycles. The van der Waals surface area contributed by atoms with Crippen LogP contribution in [-0.2, 0) is 126 Å². The average Bonchev–Trinajstić information content (AvgIpc) is 1.52. The zero-order valence-corrected chi connectivity index (χ0v) is 76.3. The molecule has 14 bridgehead atoms. The van der Waals surface area contributed by atoms with E-state index in [1.165, 1.54) is 234 Å². The van der Waals surface area contributed by atoms with Gasteiger partial charge in [-0.15, -0.1) is 0 Å². The molecule has 22 aliphatic rings. The first-order valence-corrected chi connectivity index (χ1v) is 56.9. The number of hydrogen-bond acceptors (Lipinski definition) is 17. The van der Waals surface area contributed by atoms with Crippen molar-refractivity contribution in [3.05, 3.63) is 35.9 Å². The number of Topliss-reactive ketones (excluding diaryl/α,β-unsaturated/α-hetero) is 1. The maximum absolute atomic E-state index is 13.6. The molecule has 644 valence electrons. The van der Waals surface area contributed by atoms with Crippen molar-refractivity contribution in [2.24, 2.45) is 82.9 Å². The lowest BCUT2D eigenvalue weighted by molar-refractivity contribution is -0.205. The van der Waals surface area contributed by atoms with E-state index in [-0.39, 0.29) is 101 Å². The Hall–Kier alpha value is -2.35. The van der Waals surface area contributed by atoms with E-state index in [4.69, 9.17) is 40.4 Å². The van der Waals surface area contributed by atoms with Crippen molar-refractivity contribution in [2.45, 2.75) is 324 Å². The Kier molecular flexibility index (Phi) is 29.2. The van der Waals surface area contributed by atoms with Gasteiger partial charge in [-0.25, -0.2) is 22.1 Å². The number of benzene rings is 1. The fourth-order valence-corrected chi connectivity index (χ4v) is 40.0. The zero-order chi connectivity index (χ0) is 80.3.